The molecule has 3 heteroatoms. The van der Waals surface area contributed by atoms with E-state index in [1.807, 2.05) is 37.3 Å². The summed E-state index contributed by atoms with van der Waals surface area (Å²) in [5, 5.41) is 11.1. The number of ether oxygens (including phenoxy) is 1. The summed E-state index contributed by atoms with van der Waals surface area (Å²) in [6.07, 6.45) is 2.87. The fourth-order valence-electron chi connectivity index (χ4n) is 1.25. The zero-order chi connectivity index (χ0) is 10.7. The molecule has 2 aromatic rings. The Kier molecular flexibility index (Phi) is 2.54. The smallest absolute Gasteiger partial charge is 0.223 e. The molecule has 15 heavy (non-hydrogen) atoms. The minimum Gasteiger partial charge on any atom is -0.619 e. The van der Waals surface area contributed by atoms with Crippen molar-refractivity contribution in [2.24, 2.45) is 0 Å². The number of aromatic nitrogens is 1. The second-order valence-corrected chi connectivity index (χ2v) is 3.27. The van der Waals surface area contributed by atoms with Crippen molar-refractivity contribution in [3.05, 3.63) is 59.6 Å². The first-order valence-electron chi connectivity index (χ1n) is 4.68. The molecular weight excluding hydrogens is 190 g/mol. The van der Waals surface area contributed by atoms with Crippen molar-refractivity contribution < 1.29 is 9.47 Å². The van der Waals surface area contributed by atoms with Crippen LogP contribution in [0.1, 0.15) is 5.56 Å². The number of para-hydroxylation sites is 1. The first kappa shape index (κ1) is 9.52. The lowest BCUT2D eigenvalue weighted by Gasteiger charge is -2.07. The molecule has 1 aromatic carbocycles. The van der Waals surface area contributed by atoms with Gasteiger partial charge in [-0.05, 0) is 19.1 Å². The van der Waals surface area contributed by atoms with Crippen molar-refractivity contribution >= 4 is 0 Å². The molecule has 2 rings (SSSR count). The number of benzene rings is 1. The first-order chi connectivity index (χ1) is 7.25. The van der Waals surface area contributed by atoms with Gasteiger partial charge in [0.05, 0.1) is 0 Å². The number of pyridine rings is 1. The van der Waals surface area contributed by atoms with E-state index in [0.29, 0.717) is 5.75 Å². The maximum Gasteiger partial charge on any atom is 0.223 e. The number of hydrogen-bond donors (Lipinski definition) is 0. The minimum absolute atomic E-state index is 0.582. The van der Waals surface area contributed by atoms with Crippen LogP contribution in [0.2, 0.25) is 0 Å². The third-order valence-electron chi connectivity index (χ3n) is 2.08. The number of hydrogen-bond acceptors (Lipinski definition) is 2. The third-order valence-corrected chi connectivity index (χ3v) is 2.08. The van der Waals surface area contributed by atoms with Crippen LogP contribution in [0, 0.1) is 12.1 Å². The van der Waals surface area contributed by atoms with Crippen molar-refractivity contribution in [1.29, 1.82) is 0 Å². The summed E-state index contributed by atoms with van der Waals surface area (Å²) in [7, 11) is 0. The molecule has 0 spiro atoms. The van der Waals surface area contributed by atoms with Crippen molar-refractivity contribution in [3.63, 3.8) is 0 Å². The summed E-state index contributed by atoms with van der Waals surface area (Å²) < 4.78 is 6.30. The Morgan fingerprint density at radius 2 is 1.87 bits per heavy atom. The van der Waals surface area contributed by atoms with Crippen LogP contribution < -0.4 is 9.47 Å². The summed E-state index contributed by atoms with van der Waals surface area (Å²) in [5.41, 5.74) is 0.936. The molecule has 0 bridgehead atoms. The Morgan fingerprint density at radius 3 is 2.60 bits per heavy atom. The second-order valence-electron chi connectivity index (χ2n) is 3.27. The van der Waals surface area contributed by atoms with Gasteiger partial charge in [-0.1, -0.05) is 18.2 Å². The summed E-state index contributed by atoms with van der Waals surface area (Å²) in [6, 6.07) is 11.1. The maximum atomic E-state index is 11.1. The van der Waals surface area contributed by atoms with Gasteiger partial charge in [-0.25, -0.2) is 0 Å². The van der Waals surface area contributed by atoms with Gasteiger partial charge in [0.1, 0.15) is 5.75 Å². The van der Waals surface area contributed by atoms with Crippen LogP contribution >= 0.6 is 0 Å². The highest BCUT2D eigenvalue weighted by Crippen LogP contribution is 2.22. The van der Waals surface area contributed by atoms with Gasteiger partial charge < -0.3 is 9.94 Å². The Morgan fingerprint density at radius 1 is 1.13 bits per heavy atom. The SMILES string of the molecule is Cc1cc[n+]([O-])cc1Oc1ccccc1. The first-order valence-corrected chi connectivity index (χ1v) is 4.68. The molecule has 0 unspecified atom stereocenters. The molecule has 0 saturated carbocycles. The van der Waals surface area contributed by atoms with Crippen molar-refractivity contribution in [2.75, 3.05) is 0 Å². The Hall–Kier alpha value is -2.03. The lowest BCUT2D eigenvalue weighted by atomic mass is 10.3. The van der Waals surface area contributed by atoms with Gasteiger partial charge in [-0.3, -0.25) is 0 Å². The van der Waals surface area contributed by atoms with Crippen LogP contribution in [0.5, 0.6) is 11.5 Å². The summed E-state index contributed by atoms with van der Waals surface area (Å²) in [4.78, 5) is 0. The predicted molar refractivity (Wildman–Crippen MR) is 56.7 cm³/mol. The fraction of sp³-hybridized carbons (Fsp3) is 0.0833. The fourth-order valence-corrected chi connectivity index (χ4v) is 1.25. The van der Waals surface area contributed by atoms with E-state index in [-0.39, 0.29) is 0 Å². The quantitative estimate of drug-likeness (QED) is 0.552. The van der Waals surface area contributed by atoms with Gasteiger partial charge >= 0.3 is 0 Å². The summed E-state index contributed by atoms with van der Waals surface area (Å²) in [6.45, 7) is 1.90. The molecule has 0 atom stereocenters. The monoisotopic (exact) mass is 201 g/mol. The van der Waals surface area contributed by atoms with Gasteiger partial charge in [0.2, 0.25) is 6.20 Å². The van der Waals surface area contributed by atoms with Crippen LogP contribution in [0.3, 0.4) is 0 Å². The lowest BCUT2D eigenvalue weighted by Crippen LogP contribution is -2.24. The third kappa shape index (κ3) is 2.26. The molecule has 0 N–H and O–H groups in total. The van der Waals surface area contributed by atoms with E-state index in [1.165, 1.54) is 12.4 Å². The van der Waals surface area contributed by atoms with Gasteiger partial charge in [0, 0.05) is 11.6 Å². The van der Waals surface area contributed by atoms with E-state index in [1.54, 1.807) is 6.07 Å². The molecule has 0 saturated heterocycles. The molecular formula is C12H11NO2. The van der Waals surface area contributed by atoms with E-state index < -0.39 is 0 Å². The zero-order valence-electron chi connectivity index (χ0n) is 8.38. The van der Waals surface area contributed by atoms with E-state index in [4.69, 9.17) is 4.74 Å². The average Bonchev–Trinajstić information content (AvgIpc) is 2.25. The molecule has 0 fully saturated rings. The Balaban J connectivity index is 2.28. The topological polar surface area (TPSA) is 36.2 Å². The van der Waals surface area contributed by atoms with Gasteiger partial charge in [0.15, 0.2) is 11.9 Å². The normalized spacial score (nSPS) is 9.93. The maximum absolute atomic E-state index is 11.1. The van der Waals surface area contributed by atoms with Crippen LogP contribution in [0.25, 0.3) is 0 Å². The highest BCUT2D eigenvalue weighted by Gasteiger charge is 2.04. The molecule has 0 aliphatic carbocycles. The molecule has 1 heterocycles. The largest absolute Gasteiger partial charge is 0.619 e. The van der Waals surface area contributed by atoms with Crippen molar-refractivity contribution in [1.82, 2.24) is 0 Å². The lowest BCUT2D eigenvalue weighted by molar-refractivity contribution is -0.605. The number of nitrogens with zero attached hydrogens (tertiary/aromatic N) is 1. The van der Waals surface area contributed by atoms with Gasteiger partial charge in [-0.2, -0.15) is 4.73 Å². The second kappa shape index (κ2) is 4.00. The molecule has 0 aliphatic rings. The highest BCUT2D eigenvalue weighted by molar-refractivity contribution is 5.33. The number of aryl methyl sites for hydroxylation is 1. The van der Waals surface area contributed by atoms with Crippen LogP contribution in [0.15, 0.2) is 48.8 Å². The van der Waals surface area contributed by atoms with Crippen molar-refractivity contribution in [2.45, 2.75) is 6.92 Å². The Labute approximate surface area is 88.1 Å². The molecule has 1 aromatic heterocycles. The van der Waals surface area contributed by atoms with E-state index >= 15 is 0 Å². The molecule has 3 nitrogen and oxygen atoms in total. The van der Waals surface area contributed by atoms with Gasteiger partial charge in [0.25, 0.3) is 0 Å². The molecule has 76 valence electrons. The summed E-state index contributed by atoms with van der Waals surface area (Å²) in [5.74, 6) is 1.31. The standard InChI is InChI=1S/C12H11NO2/c1-10-7-8-13(14)9-12(10)15-11-5-3-2-4-6-11/h2-9H,1H3. The minimum atomic E-state index is 0.582. The Bertz CT molecular complexity index is 454. The van der Waals surface area contributed by atoms with Crippen LogP contribution in [-0.4, -0.2) is 0 Å². The van der Waals surface area contributed by atoms with Crippen LogP contribution in [0.4, 0.5) is 0 Å². The van der Waals surface area contributed by atoms with Crippen LogP contribution in [-0.2, 0) is 0 Å². The predicted octanol–water partition coefficient (Wildman–Crippen LogP) is 2.42. The van der Waals surface area contributed by atoms with Gasteiger partial charge in [-0.15, -0.1) is 0 Å². The molecule has 0 amide bonds. The molecule has 0 radical (unpaired) electrons. The van der Waals surface area contributed by atoms with E-state index in [0.717, 1.165) is 16.0 Å². The zero-order valence-corrected chi connectivity index (χ0v) is 8.38. The highest BCUT2D eigenvalue weighted by atomic mass is 16.5. The summed E-state index contributed by atoms with van der Waals surface area (Å²) >= 11 is 0. The van der Waals surface area contributed by atoms with E-state index in [2.05, 4.69) is 0 Å². The molecule has 0 aliphatic heterocycles. The van der Waals surface area contributed by atoms with E-state index in [9.17, 15) is 5.21 Å². The number of rotatable bonds is 2. The average molecular weight is 201 g/mol. The van der Waals surface area contributed by atoms with Crippen molar-refractivity contribution in [3.8, 4) is 11.5 Å².